The van der Waals surface area contributed by atoms with Crippen molar-refractivity contribution in [1.82, 2.24) is 0 Å². The zero-order valence-corrected chi connectivity index (χ0v) is 11.8. The van der Waals surface area contributed by atoms with Gasteiger partial charge in [-0.05, 0) is 24.3 Å². The molecular weight excluding hydrogens is 236 g/mol. The Labute approximate surface area is 113 Å². The Morgan fingerprint density at radius 1 is 0.684 bits per heavy atom. The molecule has 0 bridgehead atoms. The van der Waals surface area contributed by atoms with Gasteiger partial charge in [0.15, 0.2) is 0 Å². The molecule has 1 aromatic heterocycles. The van der Waals surface area contributed by atoms with E-state index in [0.29, 0.717) is 0 Å². The van der Waals surface area contributed by atoms with Gasteiger partial charge in [-0.2, -0.15) is 0 Å². The number of furan rings is 1. The maximum absolute atomic E-state index is 5.98. The monoisotopic (exact) mass is 254 g/mol. The van der Waals surface area contributed by atoms with Crippen molar-refractivity contribution in [2.45, 2.75) is 0 Å². The van der Waals surface area contributed by atoms with Gasteiger partial charge in [-0.15, -0.1) is 0 Å². The molecule has 19 heavy (non-hydrogen) atoms. The Morgan fingerprint density at radius 2 is 1.11 bits per heavy atom. The Balaban J connectivity index is 2.52. The summed E-state index contributed by atoms with van der Waals surface area (Å²) in [6.45, 7) is 0. The molecule has 0 N–H and O–H groups in total. The van der Waals surface area contributed by atoms with Gasteiger partial charge in [0, 0.05) is 39.6 Å². The Bertz CT molecular complexity index is 679. The lowest BCUT2D eigenvalue weighted by molar-refractivity contribution is 0.669. The molecule has 1 heterocycles. The van der Waals surface area contributed by atoms with Crippen molar-refractivity contribution in [3.8, 4) is 0 Å². The largest absolute Gasteiger partial charge is 0.456 e. The normalized spacial score (nSPS) is 11.2. The lowest BCUT2D eigenvalue weighted by Crippen LogP contribution is -2.10. The summed E-state index contributed by atoms with van der Waals surface area (Å²) in [7, 11) is 8.25. The fourth-order valence-corrected chi connectivity index (χ4v) is 2.58. The molecule has 98 valence electrons. The van der Waals surface area contributed by atoms with Gasteiger partial charge in [-0.25, -0.2) is 0 Å². The molecule has 3 heteroatoms. The van der Waals surface area contributed by atoms with Crippen LogP contribution in [-0.4, -0.2) is 28.2 Å². The predicted molar refractivity (Wildman–Crippen MR) is 82.4 cm³/mol. The van der Waals surface area contributed by atoms with E-state index < -0.39 is 0 Å². The number of benzene rings is 2. The highest BCUT2D eigenvalue weighted by Gasteiger charge is 2.15. The summed E-state index contributed by atoms with van der Waals surface area (Å²) in [6.07, 6.45) is 0. The van der Waals surface area contributed by atoms with Crippen LogP contribution in [0.2, 0.25) is 0 Å². The smallest absolute Gasteiger partial charge is 0.137 e. The fourth-order valence-electron chi connectivity index (χ4n) is 2.58. The van der Waals surface area contributed by atoms with Gasteiger partial charge < -0.3 is 14.2 Å². The van der Waals surface area contributed by atoms with E-state index in [0.717, 1.165) is 11.2 Å². The van der Waals surface area contributed by atoms with Gasteiger partial charge >= 0.3 is 0 Å². The van der Waals surface area contributed by atoms with Crippen molar-refractivity contribution in [3.05, 3.63) is 36.4 Å². The van der Waals surface area contributed by atoms with Crippen LogP contribution in [0.25, 0.3) is 21.9 Å². The van der Waals surface area contributed by atoms with E-state index in [-0.39, 0.29) is 0 Å². The maximum atomic E-state index is 5.98. The van der Waals surface area contributed by atoms with Gasteiger partial charge in [-0.1, -0.05) is 12.1 Å². The summed E-state index contributed by atoms with van der Waals surface area (Å²) >= 11 is 0. The van der Waals surface area contributed by atoms with Gasteiger partial charge in [0.05, 0.1) is 10.8 Å². The molecule has 0 aliphatic carbocycles. The van der Waals surface area contributed by atoms with Crippen LogP contribution in [0.3, 0.4) is 0 Å². The van der Waals surface area contributed by atoms with Gasteiger partial charge in [0.25, 0.3) is 0 Å². The van der Waals surface area contributed by atoms with Crippen LogP contribution in [0.1, 0.15) is 0 Å². The third-order valence-electron chi connectivity index (χ3n) is 3.44. The van der Waals surface area contributed by atoms with Crippen molar-refractivity contribution in [2.24, 2.45) is 0 Å². The van der Waals surface area contributed by atoms with Crippen molar-refractivity contribution in [2.75, 3.05) is 38.0 Å². The van der Waals surface area contributed by atoms with Crippen molar-refractivity contribution in [3.63, 3.8) is 0 Å². The van der Waals surface area contributed by atoms with Crippen molar-refractivity contribution >= 4 is 33.3 Å². The third kappa shape index (κ3) is 1.73. The summed E-state index contributed by atoms with van der Waals surface area (Å²) in [6, 6.07) is 12.4. The molecular formula is C16H18N2O. The Hall–Kier alpha value is -2.16. The summed E-state index contributed by atoms with van der Waals surface area (Å²) in [4.78, 5) is 4.26. The number of anilines is 2. The molecule has 0 atom stereocenters. The predicted octanol–water partition coefficient (Wildman–Crippen LogP) is 3.72. The minimum Gasteiger partial charge on any atom is -0.456 e. The molecule has 0 fully saturated rings. The van der Waals surface area contributed by atoms with Crippen LogP contribution in [0.15, 0.2) is 40.8 Å². The van der Waals surface area contributed by atoms with Crippen LogP contribution in [-0.2, 0) is 0 Å². The van der Waals surface area contributed by atoms with Crippen LogP contribution >= 0.6 is 0 Å². The third-order valence-corrected chi connectivity index (χ3v) is 3.44. The number of hydrogen-bond acceptors (Lipinski definition) is 3. The molecule has 0 amide bonds. The molecule has 3 rings (SSSR count). The SMILES string of the molecule is CN(C)c1cccc2oc3cccc(N(C)C)c3c12. The second-order valence-electron chi connectivity index (χ2n) is 5.19. The van der Waals surface area contributed by atoms with E-state index in [1.807, 2.05) is 24.3 Å². The first kappa shape index (κ1) is 11.9. The van der Waals surface area contributed by atoms with E-state index in [4.69, 9.17) is 4.42 Å². The summed E-state index contributed by atoms with van der Waals surface area (Å²) in [5, 5.41) is 2.37. The molecule has 0 aliphatic heterocycles. The average molecular weight is 254 g/mol. The number of rotatable bonds is 2. The second-order valence-corrected chi connectivity index (χ2v) is 5.19. The van der Waals surface area contributed by atoms with Crippen LogP contribution in [0.4, 0.5) is 11.4 Å². The van der Waals surface area contributed by atoms with Gasteiger partial charge in [0.2, 0.25) is 0 Å². The molecule has 0 saturated heterocycles. The second kappa shape index (κ2) is 4.19. The van der Waals surface area contributed by atoms with Crippen LogP contribution in [0.5, 0.6) is 0 Å². The van der Waals surface area contributed by atoms with E-state index in [2.05, 4.69) is 50.1 Å². The molecule has 3 aromatic rings. The van der Waals surface area contributed by atoms with Crippen LogP contribution < -0.4 is 9.80 Å². The summed E-state index contributed by atoms with van der Waals surface area (Å²) < 4.78 is 5.98. The molecule has 0 radical (unpaired) electrons. The minimum atomic E-state index is 0.940. The maximum Gasteiger partial charge on any atom is 0.137 e. The van der Waals surface area contributed by atoms with E-state index in [9.17, 15) is 0 Å². The standard InChI is InChI=1S/C16H18N2O/c1-17(2)11-7-5-9-13-15(11)16-12(18(3)4)8-6-10-14(16)19-13/h5-10H,1-4H3. The van der Waals surface area contributed by atoms with E-state index in [1.54, 1.807) is 0 Å². The Kier molecular flexibility index (Phi) is 2.63. The first-order chi connectivity index (χ1) is 9.09. The lowest BCUT2D eigenvalue weighted by atomic mass is 10.1. The van der Waals surface area contributed by atoms with Crippen molar-refractivity contribution < 1.29 is 4.42 Å². The van der Waals surface area contributed by atoms with Gasteiger partial charge in [0.1, 0.15) is 11.2 Å². The average Bonchev–Trinajstić information content (AvgIpc) is 2.76. The van der Waals surface area contributed by atoms with E-state index >= 15 is 0 Å². The van der Waals surface area contributed by atoms with Crippen molar-refractivity contribution in [1.29, 1.82) is 0 Å². The Morgan fingerprint density at radius 3 is 1.47 bits per heavy atom. The lowest BCUT2D eigenvalue weighted by Gasteiger charge is -2.16. The highest BCUT2D eigenvalue weighted by molar-refractivity contribution is 6.16. The highest BCUT2D eigenvalue weighted by atomic mass is 16.3. The molecule has 0 spiro atoms. The summed E-state index contributed by atoms with van der Waals surface area (Å²) in [5.41, 5.74) is 4.25. The highest BCUT2D eigenvalue weighted by Crippen LogP contribution is 2.39. The van der Waals surface area contributed by atoms with Gasteiger partial charge in [-0.3, -0.25) is 0 Å². The molecule has 0 unspecified atom stereocenters. The fraction of sp³-hybridized carbons (Fsp3) is 0.250. The summed E-state index contributed by atoms with van der Waals surface area (Å²) in [5.74, 6) is 0. The molecule has 3 nitrogen and oxygen atoms in total. The first-order valence-corrected chi connectivity index (χ1v) is 6.38. The number of nitrogens with zero attached hydrogens (tertiary/aromatic N) is 2. The molecule has 0 saturated carbocycles. The zero-order valence-electron chi connectivity index (χ0n) is 11.8. The first-order valence-electron chi connectivity index (χ1n) is 6.38. The zero-order chi connectivity index (χ0) is 13.6. The number of hydrogen-bond donors (Lipinski definition) is 0. The quantitative estimate of drug-likeness (QED) is 0.695. The van der Waals surface area contributed by atoms with E-state index in [1.165, 1.54) is 22.1 Å². The van der Waals surface area contributed by atoms with Crippen LogP contribution in [0, 0.1) is 0 Å². The number of fused-ring (bicyclic) bond motifs is 3. The molecule has 2 aromatic carbocycles. The molecule has 0 aliphatic rings. The minimum absolute atomic E-state index is 0.940. The topological polar surface area (TPSA) is 19.6 Å².